The summed E-state index contributed by atoms with van der Waals surface area (Å²) in [6, 6.07) is 30.0. The molecule has 1 aliphatic carbocycles. The van der Waals surface area contributed by atoms with Gasteiger partial charge in [-0.15, -0.1) is 0 Å². The number of nitriles is 1. The molecule has 5 rings (SSSR count). The van der Waals surface area contributed by atoms with E-state index in [1.165, 1.54) is 189 Å². The van der Waals surface area contributed by atoms with Gasteiger partial charge in [-0.2, -0.15) is 5.26 Å². The van der Waals surface area contributed by atoms with Crippen molar-refractivity contribution in [2.75, 3.05) is 13.2 Å². The van der Waals surface area contributed by atoms with Gasteiger partial charge in [0.05, 0.1) is 24.8 Å². The smallest absolute Gasteiger partial charge is 0.162 e. The number of ether oxygens (including phenoxy) is 2. The molecule has 0 fully saturated rings. The van der Waals surface area contributed by atoms with Crippen molar-refractivity contribution in [1.82, 2.24) is 0 Å². The maximum atomic E-state index is 9.29. The highest BCUT2D eigenvalue weighted by Gasteiger charge is 2.42. The molecule has 0 bridgehead atoms. The van der Waals surface area contributed by atoms with Crippen LogP contribution in [-0.4, -0.2) is 13.2 Å². The fraction of sp³-hybridized carbons (Fsp3) is 0.561. The van der Waals surface area contributed by atoms with Crippen LogP contribution in [0.25, 0.3) is 11.1 Å². The summed E-state index contributed by atoms with van der Waals surface area (Å²) in [5.74, 6) is 15.7. The van der Waals surface area contributed by atoms with E-state index in [9.17, 15) is 5.26 Å². The number of rotatable bonds is 34. The van der Waals surface area contributed by atoms with Crippen molar-refractivity contribution in [3.8, 4) is 52.4 Å². The average Bonchev–Trinajstić information content (AvgIpc) is 3.64. The summed E-state index contributed by atoms with van der Waals surface area (Å²) in [7, 11) is 0. The lowest BCUT2D eigenvalue weighted by Crippen LogP contribution is -2.26. The van der Waals surface area contributed by atoms with Crippen LogP contribution in [-0.2, 0) is 5.41 Å². The van der Waals surface area contributed by atoms with Crippen LogP contribution in [0.3, 0.4) is 0 Å². The SMILES string of the molecule is CCCCCCCCCCCCOc1ccc(C#Cc2ccc3c(c2)C(CCCCCC)(CCCCCC)c2cc(C#Cc4ccc(C#N)cc4)ccc2-3)cc1OCCCCCCCCCCCC. The first-order chi connectivity index (χ1) is 34.0. The van der Waals surface area contributed by atoms with Gasteiger partial charge in [-0.3, -0.25) is 0 Å². The van der Waals surface area contributed by atoms with Crippen molar-refractivity contribution in [3.63, 3.8) is 0 Å². The summed E-state index contributed by atoms with van der Waals surface area (Å²) in [5.41, 5.74) is 10.1. The quantitative estimate of drug-likeness (QED) is 0.0346. The van der Waals surface area contributed by atoms with Gasteiger partial charge in [0.1, 0.15) is 0 Å². The predicted molar refractivity (Wildman–Crippen MR) is 294 cm³/mol. The van der Waals surface area contributed by atoms with Crippen LogP contribution in [0.2, 0.25) is 0 Å². The molecule has 0 saturated carbocycles. The second kappa shape index (κ2) is 32.8. The Morgan fingerprint density at radius 3 is 1.12 bits per heavy atom. The van der Waals surface area contributed by atoms with Crippen LogP contribution < -0.4 is 9.47 Å². The minimum Gasteiger partial charge on any atom is -0.490 e. The first-order valence-corrected chi connectivity index (χ1v) is 28.3. The molecule has 69 heavy (non-hydrogen) atoms. The summed E-state index contributed by atoms with van der Waals surface area (Å²) < 4.78 is 13.0. The first kappa shape index (κ1) is 55.0. The lowest BCUT2D eigenvalue weighted by molar-refractivity contribution is 0.258. The molecular weight excluding hydrogens is 839 g/mol. The highest BCUT2D eigenvalue weighted by atomic mass is 16.5. The minimum atomic E-state index is -0.0845. The Morgan fingerprint density at radius 1 is 0.348 bits per heavy atom. The number of nitrogens with zero attached hydrogens (tertiary/aromatic N) is 1. The van der Waals surface area contributed by atoms with Gasteiger partial charge in [0.25, 0.3) is 0 Å². The van der Waals surface area contributed by atoms with E-state index in [4.69, 9.17) is 9.47 Å². The maximum Gasteiger partial charge on any atom is 0.162 e. The van der Waals surface area contributed by atoms with Gasteiger partial charge >= 0.3 is 0 Å². The van der Waals surface area contributed by atoms with Crippen molar-refractivity contribution in [2.24, 2.45) is 0 Å². The average molecular weight is 928 g/mol. The van der Waals surface area contributed by atoms with Gasteiger partial charge in [-0.25, -0.2) is 0 Å². The molecule has 0 saturated heterocycles. The fourth-order valence-corrected chi connectivity index (χ4v) is 10.3. The van der Waals surface area contributed by atoms with E-state index in [-0.39, 0.29) is 5.41 Å². The first-order valence-electron chi connectivity index (χ1n) is 28.3. The summed E-state index contributed by atoms with van der Waals surface area (Å²) >= 11 is 0. The summed E-state index contributed by atoms with van der Waals surface area (Å²) in [6.07, 6.45) is 38.3. The highest BCUT2D eigenvalue weighted by Crippen LogP contribution is 2.54. The van der Waals surface area contributed by atoms with E-state index in [0.29, 0.717) is 12.2 Å². The van der Waals surface area contributed by atoms with Crippen LogP contribution in [0.4, 0.5) is 0 Å². The van der Waals surface area contributed by atoms with E-state index < -0.39 is 0 Å². The number of unbranched alkanes of at least 4 members (excludes halogenated alkanes) is 24. The lowest BCUT2D eigenvalue weighted by Gasteiger charge is -2.33. The van der Waals surface area contributed by atoms with Crippen LogP contribution >= 0.6 is 0 Å². The lowest BCUT2D eigenvalue weighted by atomic mass is 9.70. The third kappa shape index (κ3) is 18.7. The maximum absolute atomic E-state index is 9.29. The Hall–Kier alpha value is -4.91. The minimum absolute atomic E-state index is 0.0845. The van der Waals surface area contributed by atoms with E-state index >= 15 is 0 Å². The third-order valence-electron chi connectivity index (χ3n) is 14.4. The molecular formula is C66H89NO2. The van der Waals surface area contributed by atoms with Gasteiger partial charge < -0.3 is 9.47 Å². The fourth-order valence-electron chi connectivity index (χ4n) is 10.3. The normalized spacial score (nSPS) is 12.0. The van der Waals surface area contributed by atoms with Crippen molar-refractivity contribution < 1.29 is 9.47 Å². The standard InChI is InChI=1S/C66H89NO2/c1-5-9-13-17-19-21-23-25-27-31-49-68-64-46-43-58(53-65(64)69-50-32-28-26-24-22-20-18-14-10-6-2)38-37-57-42-45-61-60-44-41-56(36-33-55-34-39-59(54-67)40-35-55)51-62(60)66(63(61)52-57,47-29-15-11-7-3)48-30-16-12-8-4/h34-35,39-46,51-53H,5-32,47-50H2,1-4H3. The van der Waals surface area contributed by atoms with Crippen molar-refractivity contribution >= 4 is 0 Å². The molecule has 0 radical (unpaired) electrons. The summed E-state index contributed by atoms with van der Waals surface area (Å²) in [5, 5.41) is 9.29. The number of fused-ring (bicyclic) bond motifs is 3. The van der Waals surface area contributed by atoms with Crippen molar-refractivity contribution in [2.45, 2.75) is 226 Å². The Morgan fingerprint density at radius 2 is 0.681 bits per heavy atom. The Bertz CT molecular complexity index is 2220. The van der Waals surface area contributed by atoms with Crippen LogP contribution in [0.15, 0.2) is 78.9 Å². The molecule has 0 heterocycles. The zero-order valence-electron chi connectivity index (χ0n) is 43.9. The van der Waals surface area contributed by atoms with E-state index in [0.717, 1.165) is 66.0 Å². The largest absolute Gasteiger partial charge is 0.490 e. The van der Waals surface area contributed by atoms with E-state index in [2.05, 4.69) is 112 Å². The van der Waals surface area contributed by atoms with E-state index in [1.54, 1.807) is 0 Å². The number of hydrogen-bond donors (Lipinski definition) is 0. The molecule has 0 N–H and O–H groups in total. The molecule has 3 nitrogen and oxygen atoms in total. The monoisotopic (exact) mass is 928 g/mol. The Labute approximate surface area is 422 Å². The zero-order chi connectivity index (χ0) is 48.6. The summed E-state index contributed by atoms with van der Waals surface area (Å²) in [6.45, 7) is 10.6. The van der Waals surface area contributed by atoms with Crippen LogP contribution in [0, 0.1) is 35.0 Å². The van der Waals surface area contributed by atoms with Gasteiger partial charge in [0, 0.05) is 27.7 Å². The molecule has 0 aliphatic heterocycles. The molecule has 0 atom stereocenters. The molecule has 0 aromatic heterocycles. The second-order valence-corrected chi connectivity index (χ2v) is 20.1. The molecule has 4 aromatic carbocycles. The van der Waals surface area contributed by atoms with Gasteiger partial charge in [0.2, 0.25) is 0 Å². The van der Waals surface area contributed by atoms with Crippen LogP contribution in [0.1, 0.15) is 259 Å². The molecule has 0 amide bonds. The number of hydrogen-bond acceptors (Lipinski definition) is 3. The van der Waals surface area contributed by atoms with E-state index in [1.807, 2.05) is 24.3 Å². The Balaban J connectivity index is 1.35. The second-order valence-electron chi connectivity index (χ2n) is 20.1. The molecule has 0 unspecified atom stereocenters. The summed E-state index contributed by atoms with van der Waals surface area (Å²) in [4.78, 5) is 0. The molecule has 1 aliphatic rings. The van der Waals surface area contributed by atoms with Gasteiger partial charge in [0.15, 0.2) is 11.5 Å². The van der Waals surface area contributed by atoms with Gasteiger partial charge in [-0.05, 0) is 115 Å². The molecule has 4 aromatic rings. The predicted octanol–water partition coefficient (Wildman–Crippen LogP) is 19.2. The van der Waals surface area contributed by atoms with Crippen LogP contribution in [0.5, 0.6) is 11.5 Å². The highest BCUT2D eigenvalue weighted by molar-refractivity contribution is 5.82. The number of benzene rings is 4. The third-order valence-corrected chi connectivity index (χ3v) is 14.4. The van der Waals surface area contributed by atoms with Gasteiger partial charge in [-0.1, -0.05) is 230 Å². The van der Waals surface area contributed by atoms with Crippen molar-refractivity contribution in [1.29, 1.82) is 5.26 Å². The Kier molecular flexibility index (Phi) is 26.2. The molecule has 370 valence electrons. The van der Waals surface area contributed by atoms with Crippen molar-refractivity contribution in [3.05, 3.63) is 118 Å². The molecule has 0 spiro atoms. The zero-order valence-corrected chi connectivity index (χ0v) is 43.9. The topological polar surface area (TPSA) is 42.2 Å². The molecule has 3 heteroatoms.